The molecule has 1 heterocycles. The zero-order valence-electron chi connectivity index (χ0n) is 22.9. The van der Waals surface area contributed by atoms with Crippen LogP contribution in [0.4, 0.5) is 0 Å². The topological polar surface area (TPSA) is 90.7 Å². The molecule has 0 saturated carbocycles. The van der Waals surface area contributed by atoms with E-state index in [0.717, 1.165) is 23.0 Å². The Balaban J connectivity index is 1.60. The fraction of sp³-hybridized carbons (Fsp3) is 0.147. The smallest absolute Gasteiger partial charge is 0.274 e. The second kappa shape index (κ2) is 12.8. The summed E-state index contributed by atoms with van der Waals surface area (Å²) in [4.78, 5) is 24.3. The van der Waals surface area contributed by atoms with Gasteiger partial charge in [-0.3, -0.25) is 9.59 Å². The number of ether oxygens (including phenoxy) is 2. The van der Waals surface area contributed by atoms with Crippen LogP contribution in [0, 0.1) is 6.92 Å². The van der Waals surface area contributed by atoms with Crippen molar-refractivity contribution in [3.8, 4) is 33.9 Å². The van der Waals surface area contributed by atoms with Gasteiger partial charge in [-0.1, -0.05) is 90.1 Å². The first-order valence-corrected chi connectivity index (χ1v) is 13.4. The van der Waals surface area contributed by atoms with Crippen LogP contribution >= 0.6 is 0 Å². The summed E-state index contributed by atoms with van der Waals surface area (Å²) in [5.74, 6) is 1.21. The first-order valence-electron chi connectivity index (χ1n) is 13.4. The van der Waals surface area contributed by atoms with Gasteiger partial charge in [-0.05, 0) is 42.2 Å². The monoisotopic (exact) mass is 546 g/mol. The van der Waals surface area contributed by atoms with Crippen LogP contribution in [0.15, 0.2) is 102 Å². The number of aldehydes is 1. The van der Waals surface area contributed by atoms with E-state index >= 15 is 0 Å². The third kappa shape index (κ3) is 6.36. The number of nitrogens with one attached hydrogen (secondary N) is 1. The molecule has 0 aliphatic heterocycles. The highest BCUT2D eigenvalue weighted by atomic mass is 16.5. The number of carbonyl (C=O) groups is 2. The molecule has 1 aromatic heterocycles. The van der Waals surface area contributed by atoms with Crippen molar-refractivity contribution in [1.29, 1.82) is 0 Å². The molecule has 7 nitrogen and oxygen atoms in total. The van der Waals surface area contributed by atoms with Gasteiger partial charge >= 0.3 is 0 Å². The maximum absolute atomic E-state index is 13.0. The van der Waals surface area contributed by atoms with E-state index in [-0.39, 0.29) is 11.6 Å². The Hall–Kier alpha value is -5.17. The molecule has 5 rings (SSSR count). The van der Waals surface area contributed by atoms with Crippen LogP contribution in [0.1, 0.15) is 44.5 Å². The van der Waals surface area contributed by atoms with E-state index in [1.165, 1.54) is 0 Å². The summed E-state index contributed by atoms with van der Waals surface area (Å²) in [6.45, 7) is 4.93. The van der Waals surface area contributed by atoms with Gasteiger partial charge < -0.3 is 19.3 Å². The molecule has 0 aliphatic rings. The average molecular weight is 547 g/mol. The number of benzene rings is 4. The highest BCUT2D eigenvalue weighted by Crippen LogP contribution is 2.42. The quantitative estimate of drug-likeness (QED) is 0.179. The molecular weight excluding hydrogens is 516 g/mol. The third-order valence-corrected chi connectivity index (χ3v) is 6.58. The molecule has 41 heavy (non-hydrogen) atoms. The highest BCUT2D eigenvalue weighted by molar-refractivity contribution is 6.02. The Kier molecular flexibility index (Phi) is 8.55. The van der Waals surface area contributed by atoms with E-state index in [0.29, 0.717) is 59.3 Å². The largest absolute Gasteiger partial charge is 0.488 e. The van der Waals surface area contributed by atoms with Gasteiger partial charge in [0.25, 0.3) is 5.91 Å². The number of amides is 1. The van der Waals surface area contributed by atoms with Gasteiger partial charge in [0.1, 0.15) is 31.0 Å². The molecule has 206 valence electrons. The number of aryl methyl sites for hydroxylation is 1. The van der Waals surface area contributed by atoms with Crippen LogP contribution in [-0.2, 0) is 13.2 Å². The summed E-state index contributed by atoms with van der Waals surface area (Å²) in [7, 11) is 0. The van der Waals surface area contributed by atoms with Crippen molar-refractivity contribution < 1.29 is 23.6 Å². The van der Waals surface area contributed by atoms with Crippen LogP contribution in [0.5, 0.6) is 11.5 Å². The summed E-state index contributed by atoms with van der Waals surface area (Å²) in [6.07, 6.45) is 0.774. The zero-order chi connectivity index (χ0) is 28.6. The minimum Gasteiger partial charge on any atom is -0.488 e. The Labute approximate surface area is 238 Å². The van der Waals surface area contributed by atoms with Gasteiger partial charge in [0, 0.05) is 18.2 Å². The predicted molar refractivity (Wildman–Crippen MR) is 157 cm³/mol. The summed E-state index contributed by atoms with van der Waals surface area (Å²) in [5.41, 5.74) is 5.40. The first kappa shape index (κ1) is 27.4. The molecule has 0 atom stereocenters. The van der Waals surface area contributed by atoms with E-state index in [9.17, 15) is 9.59 Å². The zero-order valence-corrected chi connectivity index (χ0v) is 22.9. The van der Waals surface area contributed by atoms with Crippen LogP contribution < -0.4 is 14.8 Å². The number of carbonyl (C=O) groups excluding carboxylic acids is 2. The lowest BCUT2D eigenvalue weighted by Crippen LogP contribution is -2.23. The Morgan fingerprint density at radius 1 is 0.854 bits per heavy atom. The Bertz CT molecular complexity index is 1630. The molecule has 0 spiro atoms. The molecule has 1 amide bonds. The maximum atomic E-state index is 13.0. The second-order valence-electron chi connectivity index (χ2n) is 9.50. The van der Waals surface area contributed by atoms with Gasteiger partial charge in [0.15, 0.2) is 11.5 Å². The number of hydrogen-bond donors (Lipinski definition) is 1. The number of rotatable bonds is 11. The van der Waals surface area contributed by atoms with Crippen molar-refractivity contribution in [2.24, 2.45) is 0 Å². The molecule has 1 N–H and O–H groups in total. The van der Waals surface area contributed by atoms with E-state index in [1.807, 2.05) is 86.6 Å². The minimum atomic E-state index is -0.358. The third-order valence-electron chi connectivity index (χ3n) is 6.58. The van der Waals surface area contributed by atoms with Crippen molar-refractivity contribution in [1.82, 2.24) is 10.5 Å². The molecule has 0 unspecified atom stereocenters. The number of nitrogens with zero attached hydrogens (tertiary/aromatic N) is 1. The lowest BCUT2D eigenvalue weighted by molar-refractivity contribution is 0.0947. The van der Waals surface area contributed by atoms with Crippen LogP contribution in [-0.4, -0.2) is 23.9 Å². The lowest BCUT2D eigenvalue weighted by atomic mass is 9.96. The molecule has 0 bridgehead atoms. The summed E-state index contributed by atoms with van der Waals surface area (Å²) in [5, 5.41) is 6.98. The molecule has 4 aromatic carbocycles. The molecule has 5 aromatic rings. The second-order valence-corrected chi connectivity index (χ2v) is 9.50. The summed E-state index contributed by atoms with van der Waals surface area (Å²) >= 11 is 0. The number of aromatic nitrogens is 1. The maximum Gasteiger partial charge on any atom is 0.274 e. The average Bonchev–Trinajstić information content (AvgIpc) is 3.46. The fourth-order valence-electron chi connectivity index (χ4n) is 4.46. The predicted octanol–water partition coefficient (Wildman–Crippen LogP) is 7.04. The molecular formula is C34H30N2O5. The molecule has 0 fully saturated rings. The highest BCUT2D eigenvalue weighted by Gasteiger charge is 2.27. The van der Waals surface area contributed by atoms with Crippen molar-refractivity contribution in [3.05, 3.63) is 125 Å². The van der Waals surface area contributed by atoms with Gasteiger partial charge in [-0.25, -0.2) is 0 Å². The Morgan fingerprint density at radius 2 is 1.46 bits per heavy atom. The van der Waals surface area contributed by atoms with Crippen LogP contribution in [0.2, 0.25) is 0 Å². The van der Waals surface area contributed by atoms with Gasteiger partial charge in [0.05, 0.1) is 11.1 Å². The molecule has 0 aliphatic carbocycles. The molecule has 7 heteroatoms. The SMILES string of the molecule is CCNC(=O)c1noc(-c2cc(C)c(OCc3ccccc3)cc2OCc2ccccc2)c1-c1ccc(C=O)cc1. The minimum absolute atomic E-state index is 0.150. The first-order chi connectivity index (χ1) is 20.1. The fourth-order valence-corrected chi connectivity index (χ4v) is 4.46. The van der Waals surface area contributed by atoms with E-state index in [4.69, 9.17) is 14.0 Å². The van der Waals surface area contributed by atoms with Crippen molar-refractivity contribution in [3.63, 3.8) is 0 Å². The van der Waals surface area contributed by atoms with Crippen LogP contribution in [0.25, 0.3) is 22.5 Å². The normalized spacial score (nSPS) is 10.7. The van der Waals surface area contributed by atoms with Crippen molar-refractivity contribution in [2.75, 3.05) is 6.54 Å². The molecule has 0 radical (unpaired) electrons. The van der Waals surface area contributed by atoms with Gasteiger partial charge in [-0.15, -0.1) is 0 Å². The Morgan fingerprint density at radius 3 is 2.05 bits per heavy atom. The van der Waals surface area contributed by atoms with Crippen LogP contribution in [0.3, 0.4) is 0 Å². The summed E-state index contributed by atoms with van der Waals surface area (Å²) < 4.78 is 18.4. The lowest BCUT2D eigenvalue weighted by Gasteiger charge is -2.16. The van der Waals surface area contributed by atoms with E-state index < -0.39 is 0 Å². The molecule has 0 saturated heterocycles. The van der Waals surface area contributed by atoms with Crippen molar-refractivity contribution >= 4 is 12.2 Å². The standard InChI is InChI=1S/C34H30N2O5/c1-3-35-34(38)32-31(27-16-14-24(20-37)15-17-27)33(41-36-32)28-18-23(2)29(39-21-25-10-6-4-7-11-25)19-30(28)40-22-26-12-8-5-9-13-26/h4-20H,3,21-22H2,1-2H3,(H,35,38). The van der Waals surface area contributed by atoms with E-state index in [1.54, 1.807) is 24.3 Å². The van der Waals surface area contributed by atoms with Crippen molar-refractivity contribution in [2.45, 2.75) is 27.1 Å². The van der Waals surface area contributed by atoms with Gasteiger partial charge in [-0.2, -0.15) is 0 Å². The van der Waals surface area contributed by atoms with Gasteiger partial charge in [0.2, 0.25) is 0 Å². The number of hydrogen-bond acceptors (Lipinski definition) is 6. The summed E-state index contributed by atoms with van der Waals surface area (Å²) in [6, 6.07) is 30.5. The van der Waals surface area contributed by atoms with E-state index in [2.05, 4.69) is 10.5 Å².